The van der Waals surface area contributed by atoms with Crippen LogP contribution in [-0.4, -0.2) is 10.7 Å². The molecule has 0 saturated heterocycles. The molecule has 1 aromatic rings. The molecule has 0 amide bonds. The van der Waals surface area contributed by atoms with Gasteiger partial charge >= 0.3 is 0 Å². The third-order valence-corrected chi connectivity index (χ3v) is 2.38. The summed E-state index contributed by atoms with van der Waals surface area (Å²) in [5.74, 6) is -1.67. The molecule has 1 aromatic carbocycles. The largest absolute Gasteiger partial charge is 0.298 e. The molecule has 0 bridgehead atoms. The summed E-state index contributed by atoms with van der Waals surface area (Å²) in [4.78, 5) is 21.3. The number of nitro benzene ring substituents is 1. The van der Waals surface area contributed by atoms with E-state index in [0.717, 1.165) is 0 Å². The number of hydrogen-bond donors (Lipinski definition) is 0. The van der Waals surface area contributed by atoms with Crippen LogP contribution in [0.25, 0.3) is 0 Å². The zero-order valence-electron chi connectivity index (χ0n) is 8.31. The number of halogens is 1. The predicted octanol–water partition coefficient (Wildman–Crippen LogP) is 2.44. The molecular formula is C10H7ClN2O3. The fraction of sp³-hybridized carbons (Fsp3) is 0.200. The summed E-state index contributed by atoms with van der Waals surface area (Å²) in [5, 5.41) is 19.6. The molecule has 0 radical (unpaired) electrons. The van der Waals surface area contributed by atoms with Gasteiger partial charge in [0, 0.05) is 6.07 Å². The summed E-state index contributed by atoms with van der Waals surface area (Å²) in [7, 11) is 0. The fourth-order valence-corrected chi connectivity index (χ4v) is 1.61. The van der Waals surface area contributed by atoms with Crippen LogP contribution in [0.15, 0.2) is 18.2 Å². The van der Waals surface area contributed by atoms with E-state index in [1.165, 1.54) is 25.1 Å². The lowest BCUT2D eigenvalue weighted by atomic mass is 9.95. The van der Waals surface area contributed by atoms with E-state index in [1.54, 1.807) is 6.07 Å². The molecule has 82 valence electrons. The minimum Gasteiger partial charge on any atom is -0.298 e. The van der Waals surface area contributed by atoms with Gasteiger partial charge in [-0.1, -0.05) is 17.7 Å². The summed E-state index contributed by atoms with van der Waals surface area (Å²) in [5.41, 5.74) is -0.349. The van der Waals surface area contributed by atoms with Crippen molar-refractivity contribution >= 4 is 23.1 Å². The summed E-state index contributed by atoms with van der Waals surface area (Å²) >= 11 is 5.78. The maximum atomic E-state index is 11.2. The first-order valence-electron chi connectivity index (χ1n) is 4.32. The molecule has 0 spiro atoms. The topological polar surface area (TPSA) is 84.0 Å². The lowest BCUT2D eigenvalue weighted by Gasteiger charge is -2.08. The Labute approximate surface area is 96.4 Å². The maximum absolute atomic E-state index is 11.2. The van der Waals surface area contributed by atoms with E-state index >= 15 is 0 Å². The highest BCUT2D eigenvalue weighted by Gasteiger charge is 2.27. The maximum Gasteiger partial charge on any atom is 0.275 e. The Hall–Kier alpha value is -1.93. The van der Waals surface area contributed by atoms with Crippen LogP contribution in [0.4, 0.5) is 5.69 Å². The quantitative estimate of drug-likeness (QED) is 0.598. The lowest BCUT2D eigenvalue weighted by molar-refractivity contribution is -0.385. The Morgan fingerprint density at radius 1 is 1.62 bits per heavy atom. The van der Waals surface area contributed by atoms with Crippen LogP contribution in [0.1, 0.15) is 18.4 Å². The number of carbonyl (C=O) groups is 1. The zero-order chi connectivity index (χ0) is 12.3. The van der Waals surface area contributed by atoms with Gasteiger partial charge in [0.15, 0.2) is 5.78 Å². The average Bonchev–Trinajstić information content (AvgIpc) is 2.20. The van der Waals surface area contributed by atoms with Crippen molar-refractivity contribution in [2.75, 3.05) is 0 Å². The summed E-state index contributed by atoms with van der Waals surface area (Å²) < 4.78 is 0. The minimum absolute atomic E-state index is 0.0378. The smallest absolute Gasteiger partial charge is 0.275 e. The van der Waals surface area contributed by atoms with Crippen LogP contribution >= 0.6 is 11.6 Å². The summed E-state index contributed by atoms with van der Waals surface area (Å²) in [6.45, 7) is 1.20. The van der Waals surface area contributed by atoms with Crippen molar-refractivity contribution < 1.29 is 9.72 Å². The monoisotopic (exact) mass is 238 g/mol. The Bertz CT molecular complexity index is 493. The van der Waals surface area contributed by atoms with Crippen molar-refractivity contribution in [3.05, 3.63) is 38.9 Å². The molecule has 0 aliphatic heterocycles. The molecule has 6 heteroatoms. The zero-order valence-corrected chi connectivity index (χ0v) is 9.06. The molecule has 0 fully saturated rings. The predicted molar refractivity (Wildman–Crippen MR) is 57.1 cm³/mol. The minimum atomic E-state index is -1.20. The van der Waals surface area contributed by atoms with Gasteiger partial charge in [-0.25, -0.2) is 0 Å². The molecule has 1 unspecified atom stereocenters. The van der Waals surface area contributed by atoms with Gasteiger partial charge in [0.1, 0.15) is 5.92 Å². The van der Waals surface area contributed by atoms with Gasteiger partial charge in [0.2, 0.25) is 0 Å². The molecule has 0 aliphatic carbocycles. The molecule has 5 nitrogen and oxygen atoms in total. The van der Waals surface area contributed by atoms with Gasteiger partial charge in [0.25, 0.3) is 5.69 Å². The van der Waals surface area contributed by atoms with E-state index in [9.17, 15) is 14.9 Å². The number of Topliss-reactive ketones (excluding diaryl/α,β-unsaturated/α-hetero) is 1. The van der Waals surface area contributed by atoms with Gasteiger partial charge in [-0.3, -0.25) is 14.9 Å². The number of hydrogen-bond acceptors (Lipinski definition) is 4. The van der Waals surface area contributed by atoms with Gasteiger partial charge in [-0.2, -0.15) is 5.26 Å². The number of nitrogens with zero attached hydrogens (tertiary/aromatic N) is 2. The van der Waals surface area contributed by atoms with Crippen LogP contribution in [0, 0.1) is 21.4 Å². The molecule has 1 atom stereocenters. The first kappa shape index (κ1) is 12.1. The lowest BCUT2D eigenvalue weighted by Crippen LogP contribution is -2.09. The van der Waals surface area contributed by atoms with E-state index < -0.39 is 16.6 Å². The summed E-state index contributed by atoms with van der Waals surface area (Å²) in [6, 6.07) is 5.75. The van der Waals surface area contributed by atoms with E-state index in [2.05, 4.69) is 0 Å². The average molecular weight is 239 g/mol. The second kappa shape index (κ2) is 4.73. The molecular weight excluding hydrogens is 232 g/mol. The number of ketones is 1. The molecule has 0 saturated carbocycles. The third kappa shape index (κ3) is 2.18. The van der Waals surface area contributed by atoms with Crippen molar-refractivity contribution in [1.82, 2.24) is 0 Å². The highest BCUT2D eigenvalue weighted by molar-refractivity contribution is 6.32. The fourth-order valence-electron chi connectivity index (χ4n) is 1.33. The first-order chi connectivity index (χ1) is 7.49. The Kier molecular flexibility index (Phi) is 3.59. The number of nitriles is 1. The van der Waals surface area contributed by atoms with Gasteiger partial charge in [0.05, 0.1) is 21.6 Å². The summed E-state index contributed by atoms with van der Waals surface area (Å²) in [6.07, 6.45) is 0. The SMILES string of the molecule is CC(=O)C(C#N)c1c(Cl)cccc1[N+](=O)[O-]. The van der Waals surface area contributed by atoms with E-state index in [0.29, 0.717) is 0 Å². The van der Waals surface area contributed by atoms with Crippen LogP contribution in [0.5, 0.6) is 0 Å². The first-order valence-corrected chi connectivity index (χ1v) is 4.69. The number of nitro groups is 1. The Balaban J connectivity index is 3.47. The van der Waals surface area contributed by atoms with Crippen molar-refractivity contribution in [3.63, 3.8) is 0 Å². The number of rotatable bonds is 3. The van der Waals surface area contributed by atoms with Crippen molar-refractivity contribution in [1.29, 1.82) is 5.26 Å². The molecule has 0 aliphatic rings. The van der Waals surface area contributed by atoms with Crippen LogP contribution < -0.4 is 0 Å². The molecule has 0 heterocycles. The Morgan fingerprint density at radius 3 is 2.69 bits per heavy atom. The van der Waals surface area contributed by atoms with Crippen molar-refractivity contribution in [3.8, 4) is 6.07 Å². The second-order valence-corrected chi connectivity index (χ2v) is 3.51. The van der Waals surface area contributed by atoms with Crippen molar-refractivity contribution in [2.24, 2.45) is 0 Å². The Morgan fingerprint density at radius 2 is 2.25 bits per heavy atom. The number of carbonyl (C=O) groups excluding carboxylic acids is 1. The van der Waals surface area contributed by atoms with Gasteiger partial charge in [-0.05, 0) is 13.0 Å². The normalized spacial score (nSPS) is 11.6. The molecule has 1 rings (SSSR count). The van der Waals surface area contributed by atoms with E-state index in [1.807, 2.05) is 0 Å². The van der Waals surface area contributed by atoms with Gasteiger partial charge < -0.3 is 0 Å². The molecule has 0 N–H and O–H groups in total. The van der Waals surface area contributed by atoms with Crippen LogP contribution in [-0.2, 0) is 4.79 Å². The molecule has 16 heavy (non-hydrogen) atoms. The highest BCUT2D eigenvalue weighted by Crippen LogP contribution is 2.33. The van der Waals surface area contributed by atoms with Crippen molar-refractivity contribution in [2.45, 2.75) is 12.8 Å². The highest BCUT2D eigenvalue weighted by atomic mass is 35.5. The molecule has 0 aromatic heterocycles. The third-order valence-electron chi connectivity index (χ3n) is 2.05. The van der Waals surface area contributed by atoms with Crippen LogP contribution in [0.3, 0.4) is 0 Å². The second-order valence-electron chi connectivity index (χ2n) is 3.10. The van der Waals surface area contributed by atoms with E-state index in [-0.39, 0.29) is 16.3 Å². The standard InChI is InChI=1S/C10H7ClN2O3/c1-6(14)7(5-12)10-8(11)3-2-4-9(10)13(15)16/h2-4,7H,1H3. The number of benzene rings is 1. The van der Waals surface area contributed by atoms with Gasteiger partial charge in [-0.15, -0.1) is 0 Å². The van der Waals surface area contributed by atoms with Crippen LogP contribution in [0.2, 0.25) is 5.02 Å². The van der Waals surface area contributed by atoms with E-state index in [4.69, 9.17) is 16.9 Å².